The molecule has 0 saturated carbocycles. The van der Waals surface area contributed by atoms with Crippen LogP contribution in [0.5, 0.6) is 5.75 Å². The number of ether oxygens (including phenoxy) is 2. The minimum Gasteiger partial charge on any atom is -0.496 e. The molecule has 0 spiro atoms. The second-order valence-corrected chi connectivity index (χ2v) is 7.75. The largest absolute Gasteiger partial charge is 0.496 e. The number of hydrogen-bond acceptors (Lipinski definition) is 4. The number of carbonyl (C=O) groups excluding carboxylic acids is 2. The maximum Gasteiger partial charge on any atom is 0.254 e. The van der Waals surface area contributed by atoms with E-state index in [9.17, 15) is 9.59 Å². The summed E-state index contributed by atoms with van der Waals surface area (Å²) in [5, 5.41) is 2.94. The first-order valence-corrected chi connectivity index (χ1v) is 10.4. The molecule has 2 aromatic carbocycles. The monoisotopic (exact) mass is 410 g/mol. The summed E-state index contributed by atoms with van der Waals surface area (Å²) in [7, 11) is 1.63. The van der Waals surface area contributed by atoms with E-state index in [2.05, 4.69) is 5.32 Å². The van der Waals surface area contributed by atoms with Crippen molar-refractivity contribution in [3.05, 3.63) is 65.2 Å². The van der Waals surface area contributed by atoms with Gasteiger partial charge in [-0.05, 0) is 49.6 Å². The third-order valence-corrected chi connectivity index (χ3v) is 5.21. The van der Waals surface area contributed by atoms with E-state index in [4.69, 9.17) is 9.47 Å². The van der Waals surface area contributed by atoms with Gasteiger partial charge in [-0.1, -0.05) is 30.3 Å². The number of aryl methyl sites for hydroxylation is 1. The second-order valence-electron chi connectivity index (χ2n) is 7.75. The molecule has 30 heavy (non-hydrogen) atoms. The summed E-state index contributed by atoms with van der Waals surface area (Å²) in [6.45, 7) is 5.61. The molecule has 2 amide bonds. The van der Waals surface area contributed by atoms with Gasteiger partial charge in [-0.25, -0.2) is 0 Å². The number of rotatable bonds is 7. The molecule has 2 unspecified atom stereocenters. The molecule has 2 aromatic rings. The number of nitrogens with one attached hydrogen (secondary N) is 1. The summed E-state index contributed by atoms with van der Waals surface area (Å²) in [4.78, 5) is 26.8. The first-order chi connectivity index (χ1) is 14.5. The summed E-state index contributed by atoms with van der Waals surface area (Å²) >= 11 is 0. The molecule has 1 heterocycles. The zero-order valence-corrected chi connectivity index (χ0v) is 17.9. The number of methoxy groups -OCH3 is 1. The van der Waals surface area contributed by atoms with E-state index in [1.54, 1.807) is 7.11 Å². The molecular weight excluding hydrogens is 380 g/mol. The molecule has 1 saturated heterocycles. The molecule has 1 aliphatic heterocycles. The van der Waals surface area contributed by atoms with Crippen LogP contribution in [-0.4, -0.2) is 49.1 Å². The van der Waals surface area contributed by atoms with Gasteiger partial charge in [-0.15, -0.1) is 0 Å². The van der Waals surface area contributed by atoms with Gasteiger partial charge in [0, 0.05) is 31.6 Å². The van der Waals surface area contributed by atoms with E-state index in [0.29, 0.717) is 38.0 Å². The van der Waals surface area contributed by atoms with Crippen molar-refractivity contribution in [2.45, 2.75) is 45.4 Å². The molecule has 0 bridgehead atoms. The van der Waals surface area contributed by atoms with Crippen molar-refractivity contribution in [1.29, 1.82) is 0 Å². The Morgan fingerprint density at radius 1 is 1.07 bits per heavy atom. The number of carbonyl (C=O) groups is 2. The van der Waals surface area contributed by atoms with E-state index in [1.807, 2.05) is 67.3 Å². The fourth-order valence-electron chi connectivity index (χ4n) is 3.74. The van der Waals surface area contributed by atoms with E-state index < -0.39 is 0 Å². The zero-order valence-electron chi connectivity index (χ0n) is 17.9. The van der Waals surface area contributed by atoms with Crippen molar-refractivity contribution in [1.82, 2.24) is 10.2 Å². The maximum absolute atomic E-state index is 12.7. The van der Waals surface area contributed by atoms with Gasteiger partial charge in [-0.2, -0.15) is 0 Å². The van der Waals surface area contributed by atoms with Gasteiger partial charge in [0.05, 0.1) is 19.3 Å². The molecule has 2 atom stereocenters. The van der Waals surface area contributed by atoms with Crippen molar-refractivity contribution in [2.75, 3.05) is 20.2 Å². The van der Waals surface area contributed by atoms with E-state index in [1.165, 1.54) is 0 Å². The predicted molar refractivity (Wildman–Crippen MR) is 116 cm³/mol. The van der Waals surface area contributed by atoms with Crippen LogP contribution in [-0.2, 0) is 22.5 Å². The lowest BCUT2D eigenvalue weighted by Gasteiger charge is -2.35. The van der Waals surface area contributed by atoms with Crippen molar-refractivity contribution >= 4 is 11.8 Å². The molecule has 1 aliphatic rings. The third kappa shape index (κ3) is 5.83. The molecule has 0 aromatic heterocycles. The highest BCUT2D eigenvalue weighted by Gasteiger charge is 2.26. The van der Waals surface area contributed by atoms with Gasteiger partial charge < -0.3 is 19.7 Å². The standard InChI is InChI=1S/C24H30N2O4/c1-17-15-26(16-18(2)30-17)24(28)21-10-8-19(9-11-21)14-25-23(27)13-12-20-6-4-5-7-22(20)29-3/h4-11,17-18H,12-16H2,1-3H3,(H,25,27). The fraction of sp³-hybridized carbons (Fsp3) is 0.417. The smallest absolute Gasteiger partial charge is 0.254 e. The fourth-order valence-corrected chi connectivity index (χ4v) is 3.74. The summed E-state index contributed by atoms with van der Waals surface area (Å²) < 4.78 is 11.0. The average Bonchev–Trinajstić information content (AvgIpc) is 2.75. The molecule has 3 rings (SSSR count). The number of benzene rings is 2. The Morgan fingerprint density at radius 2 is 1.73 bits per heavy atom. The van der Waals surface area contributed by atoms with Gasteiger partial charge in [0.15, 0.2) is 0 Å². The second kappa shape index (κ2) is 10.3. The van der Waals surface area contributed by atoms with Crippen LogP contribution >= 0.6 is 0 Å². The maximum atomic E-state index is 12.7. The predicted octanol–water partition coefficient (Wildman–Crippen LogP) is 3.19. The van der Waals surface area contributed by atoms with Crippen LogP contribution < -0.4 is 10.1 Å². The van der Waals surface area contributed by atoms with Gasteiger partial charge in [0.25, 0.3) is 5.91 Å². The highest BCUT2D eigenvalue weighted by Crippen LogP contribution is 2.19. The molecule has 1 fully saturated rings. The van der Waals surface area contributed by atoms with Gasteiger partial charge in [-0.3, -0.25) is 9.59 Å². The minimum atomic E-state index is -0.0163. The Balaban J connectivity index is 1.48. The molecule has 1 N–H and O–H groups in total. The normalized spacial score (nSPS) is 18.7. The average molecular weight is 411 g/mol. The Morgan fingerprint density at radius 3 is 2.40 bits per heavy atom. The Labute approximate surface area is 178 Å². The number of morpholine rings is 1. The topological polar surface area (TPSA) is 67.9 Å². The van der Waals surface area contributed by atoms with Gasteiger partial charge in [0.2, 0.25) is 5.91 Å². The quantitative estimate of drug-likeness (QED) is 0.761. The Kier molecular flexibility index (Phi) is 7.46. The Hall–Kier alpha value is -2.86. The molecular formula is C24H30N2O4. The lowest BCUT2D eigenvalue weighted by Crippen LogP contribution is -2.48. The van der Waals surface area contributed by atoms with Gasteiger partial charge in [0.1, 0.15) is 5.75 Å². The molecule has 6 nitrogen and oxygen atoms in total. The third-order valence-electron chi connectivity index (χ3n) is 5.21. The Bertz CT molecular complexity index is 856. The molecule has 6 heteroatoms. The summed E-state index contributed by atoms with van der Waals surface area (Å²) in [6.07, 6.45) is 1.11. The summed E-state index contributed by atoms with van der Waals surface area (Å²) in [6, 6.07) is 15.1. The van der Waals surface area contributed by atoms with Crippen molar-refractivity contribution in [3.63, 3.8) is 0 Å². The van der Waals surface area contributed by atoms with Crippen LogP contribution in [0.25, 0.3) is 0 Å². The SMILES string of the molecule is COc1ccccc1CCC(=O)NCc1ccc(C(=O)N2CC(C)OC(C)C2)cc1. The van der Waals surface area contributed by atoms with E-state index in [0.717, 1.165) is 16.9 Å². The summed E-state index contributed by atoms with van der Waals surface area (Å²) in [5.41, 5.74) is 2.63. The highest BCUT2D eigenvalue weighted by molar-refractivity contribution is 5.94. The van der Waals surface area contributed by atoms with E-state index >= 15 is 0 Å². The van der Waals surface area contributed by atoms with Gasteiger partial charge >= 0.3 is 0 Å². The van der Waals surface area contributed by atoms with Crippen LogP contribution in [0.2, 0.25) is 0 Å². The molecule has 160 valence electrons. The lowest BCUT2D eigenvalue weighted by atomic mass is 10.1. The van der Waals surface area contributed by atoms with Crippen molar-refractivity contribution < 1.29 is 19.1 Å². The molecule has 0 radical (unpaired) electrons. The van der Waals surface area contributed by atoms with Crippen molar-refractivity contribution in [2.24, 2.45) is 0 Å². The number of hydrogen-bond donors (Lipinski definition) is 1. The molecule has 0 aliphatic carbocycles. The first-order valence-electron chi connectivity index (χ1n) is 10.4. The van der Waals surface area contributed by atoms with E-state index in [-0.39, 0.29) is 24.0 Å². The minimum absolute atomic E-state index is 0.0163. The van der Waals surface area contributed by atoms with Crippen LogP contribution in [0.4, 0.5) is 0 Å². The lowest BCUT2D eigenvalue weighted by molar-refractivity contribution is -0.121. The van der Waals surface area contributed by atoms with Crippen LogP contribution in [0.15, 0.2) is 48.5 Å². The number of para-hydroxylation sites is 1. The number of nitrogens with zero attached hydrogens (tertiary/aromatic N) is 1. The summed E-state index contributed by atoms with van der Waals surface area (Å²) in [5.74, 6) is 0.802. The highest BCUT2D eigenvalue weighted by atomic mass is 16.5. The first kappa shape index (κ1) is 21.8. The van der Waals surface area contributed by atoms with Crippen LogP contribution in [0.3, 0.4) is 0 Å². The number of amides is 2. The zero-order chi connectivity index (χ0) is 21.5. The van der Waals surface area contributed by atoms with Crippen LogP contribution in [0, 0.1) is 0 Å². The van der Waals surface area contributed by atoms with Crippen molar-refractivity contribution in [3.8, 4) is 5.75 Å². The van der Waals surface area contributed by atoms with Crippen LogP contribution in [0.1, 0.15) is 41.8 Å².